The van der Waals surface area contributed by atoms with Gasteiger partial charge in [0.1, 0.15) is 17.4 Å². The number of carbonyl (C=O) groups is 2. The van der Waals surface area contributed by atoms with Gasteiger partial charge in [-0.3, -0.25) is 9.59 Å². The Morgan fingerprint density at radius 3 is 2.37 bits per heavy atom. The van der Waals surface area contributed by atoms with Crippen molar-refractivity contribution in [2.45, 2.75) is 39.0 Å². The largest absolute Gasteiger partial charge is 0.416 e. The number of halogens is 8. The van der Waals surface area contributed by atoms with Gasteiger partial charge in [0, 0.05) is 34.0 Å². The molecule has 0 unspecified atom stereocenters. The molecule has 0 aliphatic heterocycles. The number of nitrogens with one attached hydrogen (secondary N) is 1. The predicted octanol–water partition coefficient (Wildman–Crippen LogP) is 7.69. The molecule has 0 radical (unpaired) electrons. The van der Waals surface area contributed by atoms with E-state index in [1.54, 1.807) is 6.92 Å². The van der Waals surface area contributed by atoms with Gasteiger partial charge in [0.2, 0.25) is 0 Å². The summed E-state index contributed by atoms with van der Waals surface area (Å²) in [6, 6.07) is 6.14. The molecule has 2 heterocycles. The SMILES string of the molecule is CC(=O)Cn1c(-c2cnn(C(F)F)c2)cc(NC(=O)c2cc(F)cc(C(F)(F)F)c2)c1[C@H](C)c1cc(F)ccc1Cl. The summed E-state index contributed by atoms with van der Waals surface area (Å²) >= 11 is 6.32. The van der Waals surface area contributed by atoms with Crippen LogP contribution in [0.2, 0.25) is 5.02 Å². The highest BCUT2D eigenvalue weighted by Gasteiger charge is 2.32. The second-order valence-corrected chi connectivity index (χ2v) is 9.58. The number of aromatic nitrogens is 3. The minimum Gasteiger partial charge on any atom is -0.334 e. The highest BCUT2D eigenvalue weighted by atomic mass is 35.5. The number of alkyl halides is 5. The molecule has 1 atom stereocenters. The van der Waals surface area contributed by atoms with Crippen molar-refractivity contribution >= 4 is 29.0 Å². The zero-order chi connectivity index (χ0) is 30.2. The van der Waals surface area contributed by atoms with Crippen LogP contribution in [0.15, 0.2) is 54.9 Å². The molecular formula is C27H20ClF7N4O2. The maximum Gasteiger partial charge on any atom is 0.416 e. The number of carbonyl (C=O) groups excluding carboxylic acids is 2. The summed E-state index contributed by atoms with van der Waals surface area (Å²) in [7, 11) is 0. The molecule has 0 aliphatic rings. The molecular weight excluding hydrogens is 581 g/mol. The van der Waals surface area contributed by atoms with Crippen molar-refractivity contribution in [3.05, 3.63) is 93.9 Å². The molecule has 2 aromatic heterocycles. The Kier molecular flexibility index (Phi) is 8.29. The van der Waals surface area contributed by atoms with E-state index < -0.39 is 47.3 Å². The minimum atomic E-state index is -4.94. The van der Waals surface area contributed by atoms with E-state index in [9.17, 15) is 40.3 Å². The number of ketones is 1. The second kappa shape index (κ2) is 11.4. The average Bonchev–Trinajstić information content (AvgIpc) is 3.49. The van der Waals surface area contributed by atoms with Gasteiger partial charge in [0.15, 0.2) is 0 Å². The van der Waals surface area contributed by atoms with Crippen LogP contribution in [-0.2, 0) is 17.5 Å². The number of Topliss-reactive ketones (excluding diaryl/α,β-unsaturated/α-hetero) is 1. The lowest BCUT2D eigenvalue weighted by Crippen LogP contribution is -2.18. The van der Waals surface area contributed by atoms with Gasteiger partial charge in [-0.15, -0.1) is 0 Å². The monoisotopic (exact) mass is 600 g/mol. The summed E-state index contributed by atoms with van der Waals surface area (Å²) in [6.45, 7) is -0.506. The number of rotatable bonds is 8. The highest BCUT2D eigenvalue weighted by Crippen LogP contribution is 2.40. The molecule has 216 valence electrons. The van der Waals surface area contributed by atoms with Crippen molar-refractivity contribution in [2.24, 2.45) is 0 Å². The number of anilines is 1. The number of amides is 1. The third-order valence-electron chi connectivity index (χ3n) is 6.19. The van der Waals surface area contributed by atoms with Crippen LogP contribution in [0, 0.1) is 11.6 Å². The van der Waals surface area contributed by atoms with Gasteiger partial charge in [-0.25, -0.2) is 13.5 Å². The lowest BCUT2D eigenvalue weighted by molar-refractivity contribution is -0.137. The first kappa shape index (κ1) is 29.8. The van der Waals surface area contributed by atoms with Crippen molar-refractivity contribution in [1.29, 1.82) is 0 Å². The van der Waals surface area contributed by atoms with Crippen molar-refractivity contribution in [2.75, 3.05) is 5.32 Å². The molecule has 4 rings (SSSR count). The first-order valence-electron chi connectivity index (χ1n) is 11.8. The Labute approximate surface area is 233 Å². The summed E-state index contributed by atoms with van der Waals surface area (Å²) in [5.74, 6) is -4.34. The Bertz CT molecular complexity index is 1630. The first-order valence-corrected chi connectivity index (χ1v) is 12.2. The minimum absolute atomic E-state index is 0.0679. The Morgan fingerprint density at radius 1 is 1.05 bits per heavy atom. The molecule has 0 saturated carbocycles. The van der Waals surface area contributed by atoms with E-state index in [4.69, 9.17) is 11.6 Å². The van der Waals surface area contributed by atoms with Gasteiger partial charge < -0.3 is 9.88 Å². The summed E-state index contributed by atoms with van der Waals surface area (Å²) in [5.41, 5.74) is -1.51. The van der Waals surface area contributed by atoms with Crippen LogP contribution in [0.25, 0.3) is 11.3 Å². The normalized spacial score (nSPS) is 12.6. The topological polar surface area (TPSA) is 68.9 Å². The fourth-order valence-corrected chi connectivity index (χ4v) is 4.69. The van der Waals surface area contributed by atoms with Crippen molar-refractivity contribution in [3.8, 4) is 11.3 Å². The summed E-state index contributed by atoms with van der Waals surface area (Å²) in [4.78, 5) is 25.4. The molecule has 1 N–H and O–H groups in total. The van der Waals surface area contributed by atoms with E-state index in [0.29, 0.717) is 16.8 Å². The van der Waals surface area contributed by atoms with Crippen molar-refractivity contribution in [3.63, 3.8) is 0 Å². The molecule has 4 aromatic rings. The zero-order valence-corrected chi connectivity index (χ0v) is 22.0. The van der Waals surface area contributed by atoms with E-state index in [0.717, 1.165) is 24.5 Å². The van der Waals surface area contributed by atoms with E-state index in [-0.39, 0.29) is 51.6 Å². The van der Waals surface area contributed by atoms with E-state index >= 15 is 0 Å². The van der Waals surface area contributed by atoms with Gasteiger partial charge in [-0.1, -0.05) is 18.5 Å². The molecule has 6 nitrogen and oxygen atoms in total. The number of benzene rings is 2. The summed E-state index contributed by atoms with van der Waals surface area (Å²) in [5, 5.41) is 6.15. The Hall–Kier alpha value is -4.13. The molecule has 14 heteroatoms. The molecule has 0 saturated heterocycles. The lowest BCUT2D eigenvalue weighted by Gasteiger charge is -2.20. The fraction of sp³-hybridized carbons (Fsp3) is 0.222. The second-order valence-electron chi connectivity index (χ2n) is 9.17. The van der Waals surface area contributed by atoms with E-state index in [2.05, 4.69) is 10.4 Å². The molecule has 0 fully saturated rings. The van der Waals surface area contributed by atoms with Crippen LogP contribution < -0.4 is 5.32 Å². The molecule has 1 amide bonds. The predicted molar refractivity (Wildman–Crippen MR) is 136 cm³/mol. The maximum atomic E-state index is 14.2. The van der Waals surface area contributed by atoms with Crippen LogP contribution in [-0.4, -0.2) is 26.0 Å². The molecule has 0 spiro atoms. The third-order valence-corrected chi connectivity index (χ3v) is 6.53. The van der Waals surface area contributed by atoms with Crippen molar-refractivity contribution in [1.82, 2.24) is 14.3 Å². The third kappa shape index (κ3) is 6.45. The molecule has 2 aromatic carbocycles. The van der Waals surface area contributed by atoms with E-state index in [1.165, 1.54) is 23.6 Å². The fourth-order valence-electron chi connectivity index (χ4n) is 4.41. The Balaban J connectivity index is 1.91. The molecule has 0 aliphatic carbocycles. The number of hydrogen-bond donors (Lipinski definition) is 1. The lowest BCUT2D eigenvalue weighted by atomic mass is 9.96. The quantitative estimate of drug-likeness (QED) is 0.211. The van der Waals surface area contributed by atoms with Gasteiger partial charge in [-0.2, -0.15) is 27.1 Å². The van der Waals surface area contributed by atoms with Gasteiger partial charge in [-0.05, 0) is 55.0 Å². The zero-order valence-electron chi connectivity index (χ0n) is 21.2. The standard InChI is InChI=1S/C27H20ClF7N4O2/c1-13(40)11-38-23(16-10-36-39(12-16)26(31)32)9-22(24(38)14(2)20-8-18(29)3-4-21(20)28)37-25(41)15-5-17(27(33,34)35)7-19(30)6-15/h3-10,12,14,26H,11H2,1-2H3,(H,37,41)/t14-/m1/s1. The van der Waals surface area contributed by atoms with Crippen LogP contribution in [0.1, 0.15) is 53.5 Å². The van der Waals surface area contributed by atoms with Gasteiger partial charge >= 0.3 is 12.7 Å². The van der Waals surface area contributed by atoms with Gasteiger partial charge in [0.05, 0.1) is 29.7 Å². The highest BCUT2D eigenvalue weighted by molar-refractivity contribution is 6.31. The van der Waals surface area contributed by atoms with Crippen LogP contribution in [0.5, 0.6) is 0 Å². The Morgan fingerprint density at radius 2 is 1.76 bits per heavy atom. The summed E-state index contributed by atoms with van der Waals surface area (Å²) in [6.07, 6.45) is -2.85. The molecule has 41 heavy (non-hydrogen) atoms. The van der Waals surface area contributed by atoms with Crippen LogP contribution in [0.4, 0.5) is 36.4 Å². The number of nitrogens with zero attached hydrogens (tertiary/aromatic N) is 3. The summed E-state index contributed by atoms with van der Waals surface area (Å²) < 4.78 is 96.2. The first-order chi connectivity index (χ1) is 19.1. The van der Waals surface area contributed by atoms with E-state index in [1.807, 2.05) is 0 Å². The van der Waals surface area contributed by atoms with Crippen LogP contribution >= 0.6 is 11.6 Å². The number of hydrogen-bond acceptors (Lipinski definition) is 3. The van der Waals surface area contributed by atoms with Crippen LogP contribution in [0.3, 0.4) is 0 Å². The smallest absolute Gasteiger partial charge is 0.334 e. The van der Waals surface area contributed by atoms with Gasteiger partial charge in [0.25, 0.3) is 5.91 Å². The maximum absolute atomic E-state index is 14.2. The average molecular weight is 601 g/mol. The molecule has 0 bridgehead atoms. The van der Waals surface area contributed by atoms with Crippen molar-refractivity contribution < 1.29 is 40.3 Å².